The van der Waals surface area contributed by atoms with Gasteiger partial charge in [0.25, 0.3) is 0 Å². The summed E-state index contributed by atoms with van der Waals surface area (Å²) in [5, 5.41) is 10.2. The Morgan fingerprint density at radius 1 is 1.35 bits per heavy atom. The summed E-state index contributed by atoms with van der Waals surface area (Å²) in [5.41, 5.74) is 3.09. The molecule has 1 aromatic carbocycles. The summed E-state index contributed by atoms with van der Waals surface area (Å²) in [5.74, 6) is 0. The Kier molecular flexibility index (Phi) is 3.41. The van der Waals surface area contributed by atoms with E-state index in [1.54, 1.807) is 0 Å². The molecule has 2 aromatic rings. The van der Waals surface area contributed by atoms with Crippen molar-refractivity contribution in [3.8, 4) is 0 Å². The van der Waals surface area contributed by atoms with E-state index in [-0.39, 0.29) is 12.1 Å². The minimum atomic E-state index is -0.141. The molecule has 5 nitrogen and oxygen atoms in total. The number of nitrogens with one attached hydrogen (secondary N) is 2. The summed E-state index contributed by atoms with van der Waals surface area (Å²) in [6.07, 6.45) is 3.56. The Morgan fingerprint density at radius 3 is 3.05 bits per heavy atom. The van der Waals surface area contributed by atoms with Gasteiger partial charge in [0.05, 0.1) is 0 Å². The first-order chi connectivity index (χ1) is 9.72. The van der Waals surface area contributed by atoms with Crippen LogP contribution >= 0.6 is 0 Å². The van der Waals surface area contributed by atoms with E-state index in [1.165, 1.54) is 5.69 Å². The standard InChI is InChI=1S/C15H18N4O/c1-11-4-2-3-5-14(11)18-15(20)17-12-7-9-19-13(10-12)6-8-16-19/h2-6,8,12H,7,9-10H2,1H3,(H2,17,18,20)/t12-/m0/s1. The van der Waals surface area contributed by atoms with Gasteiger partial charge in [-0.3, -0.25) is 4.68 Å². The van der Waals surface area contributed by atoms with E-state index >= 15 is 0 Å². The predicted octanol–water partition coefficient (Wildman–Crippen LogP) is 2.33. The third kappa shape index (κ3) is 2.66. The number of carbonyl (C=O) groups is 1. The molecule has 1 aromatic heterocycles. The molecule has 2 N–H and O–H groups in total. The average Bonchev–Trinajstić information content (AvgIpc) is 2.89. The van der Waals surface area contributed by atoms with Crippen LogP contribution in [-0.2, 0) is 13.0 Å². The fourth-order valence-electron chi connectivity index (χ4n) is 2.55. The van der Waals surface area contributed by atoms with Crippen LogP contribution in [0.4, 0.5) is 10.5 Å². The summed E-state index contributed by atoms with van der Waals surface area (Å²) in [7, 11) is 0. The molecule has 0 saturated carbocycles. The molecule has 1 atom stereocenters. The SMILES string of the molecule is Cc1ccccc1NC(=O)N[C@H]1CCn2nccc2C1. The largest absolute Gasteiger partial charge is 0.335 e. The molecule has 0 unspecified atom stereocenters. The molecular weight excluding hydrogens is 252 g/mol. The van der Waals surface area contributed by atoms with Crippen molar-refractivity contribution in [3.63, 3.8) is 0 Å². The van der Waals surface area contributed by atoms with Crippen LogP contribution in [0.25, 0.3) is 0 Å². The smallest absolute Gasteiger partial charge is 0.319 e. The second-order valence-corrected chi connectivity index (χ2v) is 5.15. The Balaban J connectivity index is 1.59. The van der Waals surface area contributed by atoms with Crippen molar-refractivity contribution in [1.29, 1.82) is 0 Å². The third-order valence-electron chi connectivity index (χ3n) is 3.68. The van der Waals surface area contributed by atoms with Crippen molar-refractivity contribution in [3.05, 3.63) is 47.8 Å². The van der Waals surface area contributed by atoms with Crippen molar-refractivity contribution in [2.75, 3.05) is 5.32 Å². The number of rotatable bonds is 2. The van der Waals surface area contributed by atoms with Crippen LogP contribution in [0.2, 0.25) is 0 Å². The molecule has 0 fully saturated rings. The van der Waals surface area contributed by atoms with Gasteiger partial charge in [0.1, 0.15) is 0 Å². The van der Waals surface area contributed by atoms with Crippen LogP contribution in [0.1, 0.15) is 17.7 Å². The molecule has 5 heteroatoms. The first kappa shape index (κ1) is 12.7. The number of hydrogen-bond donors (Lipinski definition) is 2. The number of nitrogens with zero attached hydrogens (tertiary/aromatic N) is 2. The van der Waals surface area contributed by atoms with Crippen molar-refractivity contribution >= 4 is 11.7 Å². The molecule has 20 heavy (non-hydrogen) atoms. The van der Waals surface area contributed by atoms with Crippen LogP contribution in [0, 0.1) is 6.92 Å². The number of anilines is 1. The Morgan fingerprint density at radius 2 is 2.20 bits per heavy atom. The van der Waals surface area contributed by atoms with Gasteiger partial charge in [0.2, 0.25) is 0 Å². The molecule has 0 spiro atoms. The van der Waals surface area contributed by atoms with Gasteiger partial charge in [-0.15, -0.1) is 0 Å². The highest BCUT2D eigenvalue weighted by Gasteiger charge is 2.20. The topological polar surface area (TPSA) is 59.0 Å². The summed E-state index contributed by atoms with van der Waals surface area (Å²) in [6.45, 7) is 2.84. The molecule has 1 aliphatic rings. The number of benzene rings is 1. The van der Waals surface area contributed by atoms with Crippen LogP contribution in [-0.4, -0.2) is 21.9 Å². The fourth-order valence-corrected chi connectivity index (χ4v) is 2.55. The highest BCUT2D eigenvalue weighted by atomic mass is 16.2. The highest BCUT2D eigenvalue weighted by Crippen LogP contribution is 2.15. The molecule has 0 radical (unpaired) electrons. The maximum Gasteiger partial charge on any atom is 0.319 e. The summed E-state index contributed by atoms with van der Waals surface area (Å²) >= 11 is 0. The number of para-hydroxylation sites is 1. The molecule has 0 aliphatic carbocycles. The number of aromatic nitrogens is 2. The normalized spacial score (nSPS) is 17.4. The van der Waals surface area contributed by atoms with Gasteiger partial charge in [-0.05, 0) is 31.0 Å². The van der Waals surface area contributed by atoms with Crippen LogP contribution in [0.15, 0.2) is 36.5 Å². The quantitative estimate of drug-likeness (QED) is 0.880. The van der Waals surface area contributed by atoms with Gasteiger partial charge < -0.3 is 10.6 Å². The van der Waals surface area contributed by atoms with Crippen molar-refractivity contribution in [2.45, 2.75) is 32.4 Å². The zero-order valence-electron chi connectivity index (χ0n) is 11.5. The molecule has 1 aliphatic heterocycles. The van der Waals surface area contributed by atoms with E-state index < -0.39 is 0 Å². The van der Waals surface area contributed by atoms with E-state index in [0.29, 0.717) is 0 Å². The summed E-state index contributed by atoms with van der Waals surface area (Å²) in [6, 6.07) is 9.80. The maximum absolute atomic E-state index is 12.0. The number of carbonyl (C=O) groups excluding carboxylic acids is 1. The lowest BCUT2D eigenvalue weighted by Gasteiger charge is -2.24. The first-order valence-corrected chi connectivity index (χ1v) is 6.86. The Labute approximate surface area is 118 Å². The molecule has 0 saturated heterocycles. The van der Waals surface area contributed by atoms with Crippen molar-refractivity contribution in [2.24, 2.45) is 0 Å². The van der Waals surface area contributed by atoms with Gasteiger partial charge in [-0.25, -0.2) is 4.79 Å². The Bertz CT molecular complexity index is 620. The van der Waals surface area contributed by atoms with Gasteiger partial charge in [-0.2, -0.15) is 5.10 Å². The van der Waals surface area contributed by atoms with E-state index in [9.17, 15) is 4.79 Å². The van der Waals surface area contributed by atoms with E-state index in [4.69, 9.17) is 0 Å². The minimum Gasteiger partial charge on any atom is -0.335 e. The van der Waals surface area contributed by atoms with E-state index in [2.05, 4.69) is 15.7 Å². The number of aryl methyl sites for hydroxylation is 2. The monoisotopic (exact) mass is 270 g/mol. The summed E-state index contributed by atoms with van der Waals surface area (Å²) in [4.78, 5) is 12.0. The Hall–Kier alpha value is -2.30. The molecule has 0 bridgehead atoms. The number of hydrogen-bond acceptors (Lipinski definition) is 2. The third-order valence-corrected chi connectivity index (χ3v) is 3.68. The zero-order chi connectivity index (χ0) is 13.9. The molecule has 3 rings (SSSR count). The zero-order valence-corrected chi connectivity index (χ0v) is 11.5. The fraction of sp³-hybridized carbons (Fsp3) is 0.333. The van der Waals surface area contributed by atoms with Crippen molar-refractivity contribution < 1.29 is 4.79 Å². The number of amides is 2. The van der Waals surface area contributed by atoms with Gasteiger partial charge in [0, 0.05) is 36.6 Å². The van der Waals surface area contributed by atoms with Crippen LogP contribution in [0.5, 0.6) is 0 Å². The predicted molar refractivity (Wildman–Crippen MR) is 77.7 cm³/mol. The first-order valence-electron chi connectivity index (χ1n) is 6.86. The van der Waals surface area contributed by atoms with Crippen molar-refractivity contribution in [1.82, 2.24) is 15.1 Å². The molecular formula is C15H18N4O. The van der Waals surface area contributed by atoms with Gasteiger partial charge >= 0.3 is 6.03 Å². The highest BCUT2D eigenvalue weighted by molar-refractivity contribution is 5.90. The van der Waals surface area contributed by atoms with Gasteiger partial charge in [-0.1, -0.05) is 18.2 Å². The van der Waals surface area contributed by atoms with Gasteiger partial charge in [0.15, 0.2) is 0 Å². The second kappa shape index (κ2) is 5.36. The number of fused-ring (bicyclic) bond motifs is 1. The summed E-state index contributed by atoms with van der Waals surface area (Å²) < 4.78 is 2.00. The lowest BCUT2D eigenvalue weighted by atomic mass is 10.0. The van der Waals surface area contributed by atoms with E-state index in [0.717, 1.165) is 30.6 Å². The van der Waals surface area contributed by atoms with Crippen LogP contribution in [0.3, 0.4) is 0 Å². The van der Waals surface area contributed by atoms with E-state index in [1.807, 2.05) is 48.1 Å². The molecule has 2 amide bonds. The minimum absolute atomic E-state index is 0.141. The lowest BCUT2D eigenvalue weighted by molar-refractivity contribution is 0.245. The lowest BCUT2D eigenvalue weighted by Crippen LogP contribution is -2.42. The molecule has 104 valence electrons. The average molecular weight is 270 g/mol. The molecule has 2 heterocycles. The second-order valence-electron chi connectivity index (χ2n) is 5.15. The van der Waals surface area contributed by atoms with Crippen LogP contribution < -0.4 is 10.6 Å². The number of urea groups is 1. The maximum atomic E-state index is 12.0.